The van der Waals surface area contributed by atoms with Crippen LogP contribution in [0.3, 0.4) is 0 Å². The Kier molecular flexibility index (Phi) is 4.59. The lowest BCUT2D eigenvalue weighted by molar-refractivity contribution is -0.151. The number of nitrogens with zero attached hydrogens (tertiary/aromatic N) is 4. The molecule has 1 aromatic heterocycles. The van der Waals surface area contributed by atoms with Gasteiger partial charge in [-0.3, -0.25) is 14.3 Å². The minimum atomic E-state index is -0.456. The predicted molar refractivity (Wildman–Crippen MR) is 77.0 cm³/mol. The van der Waals surface area contributed by atoms with Gasteiger partial charge in [0.25, 0.3) is 0 Å². The number of hydrogen-bond donors (Lipinski definition) is 1. The molecule has 2 unspecified atom stereocenters. The van der Waals surface area contributed by atoms with Gasteiger partial charge in [0.15, 0.2) is 0 Å². The molecule has 1 aromatic rings. The third-order valence-electron chi connectivity index (χ3n) is 3.74. The highest BCUT2D eigenvalue weighted by Gasteiger charge is 2.41. The van der Waals surface area contributed by atoms with E-state index in [1.807, 2.05) is 20.8 Å². The van der Waals surface area contributed by atoms with Crippen LogP contribution in [0.2, 0.25) is 0 Å². The molecule has 7 nitrogen and oxygen atoms in total. The molecule has 21 heavy (non-hydrogen) atoms. The molecule has 0 saturated carbocycles. The molecule has 1 N–H and O–H groups in total. The van der Waals surface area contributed by atoms with Crippen molar-refractivity contribution in [3.8, 4) is 0 Å². The smallest absolute Gasteiger partial charge is 0.246 e. The average Bonchev–Trinajstić information content (AvgIpc) is 2.83. The number of rotatable bonds is 5. The first kappa shape index (κ1) is 15.5. The highest BCUT2D eigenvalue weighted by atomic mass is 16.2. The van der Waals surface area contributed by atoms with Gasteiger partial charge in [0.1, 0.15) is 17.8 Å². The summed E-state index contributed by atoms with van der Waals surface area (Å²) in [5.41, 5.74) is 0.698. The molecule has 0 aliphatic carbocycles. The van der Waals surface area contributed by atoms with E-state index >= 15 is 0 Å². The molecule has 1 saturated heterocycles. The molecular weight excluding hydrogens is 270 g/mol. The van der Waals surface area contributed by atoms with Crippen LogP contribution in [0.25, 0.3) is 0 Å². The van der Waals surface area contributed by atoms with Gasteiger partial charge in [-0.05, 0) is 12.3 Å². The van der Waals surface area contributed by atoms with E-state index in [-0.39, 0.29) is 17.7 Å². The van der Waals surface area contributed by atoms with Crippen molar-refractivity contribution in [2.45, 2.75) is 52.2 Å². The number of hydrogen-bond acceptors (Lipinski definition) is 4. The Hall–Kier alpha value is -1.92. The summed E-state index contributed by atoms with van der Waals surface area (Å²) in [4.78, 5) is 26.6. The monoisotopic (exact) mass is 293 g/mol. The van der Waals surface area contributed by atoms with Gasteiger partial charge in [0.05, 0.1) is 6.54 Å². The van der Waals surface area contributed by atoms with Gasteiger partial charge in [-0.15, -0.1) is 5.10 Å². The molecule has 2 heterocycles. The molecule has 2 rings (SSSR count). The minimum absolute atomic E-state index is 0.0336. The van der Waals surface area contributed by atoms with Gasteiger partial charge < -0.3 is 10.2 Å². The molecule has 1 fully saturated rings. The van der Waals surface area contributed by atoms with E-state index in [9.17, 15) is 9.59 Å². The van der Waals surface area contributed by atoms with E-state index in [1.54, 1.807) is 22.8 Å². The lowest BCUT2D eigenvalue weighted by Gasteiger charge is -2.40. The molecule has 0 bridgehead atoms. The zero-order chi connectivity index (χ0) is 15.6. The zero-order valence-corrected chi connectivity index (χ0v) is 13.0. The van der Waals surface area contributed by atoms with Crippen LogP contribution < -0.4 is 5.32 Å². The molecule has 0 aromatic carbocycles. The molecular formula is C14H23N5O2. The number of amides is 2. The summed E-state index contributed by atoms with van der Waals surface area (Å²) < 4.78 is 1.60. The van der Waals surface area contributed by atoms with Gasteiger partial charge in [-0.2, -0.15) is 0 Å². The Labute approximate surface area is 124 Å². The van der Waals surface area contributed by atoms with Crippen molar-refractivity contribution in [1.82, 2.24) is 25.2 Å². The van der Waals surface area contributed by atoms with Crippen LogP contribution >= 0.6 is 0 Å². The van der Waals surface area contributed by atoms with Gasteiger partial charge in [0.2, 0.25) is 11.8 Å². The summed E-state index contributed by atoms with van der Waals surface area (Å²) in [6, 6.07) is -0.873. The largest absolute Gasteiger partial charge is 0.342 e. The van der Waals surface area contributed by atoms with Gasteiger partial charge in [-0.1, -0.05) is 32.4 Å². The average molecular weight is 293 g/mol. The van der Waals surface area contributed by atoms with Crippen molar-refractivity contribution < 1.29 is 9.59 Å². The summed E-state index contributed by atoms with van der Waals surface area (Å²) in [5.74, 6) is -0.0406. The fraction of sp³-hybridized carbons (Fsp3) is 0.714. The second-order valence-electron chi connectivity index (χ2n) is 5.88. The Balaban J connectivity index is 2.25. The van der Waals surface area contributed by atoms with Gasteiger partial charge in [-0.25, -0.2) is 0 Å². The zero-order valence-electron chi connectivity index (χ0n) is 13.0. The van der Waals surface area contributed by atoms with Crippen LogP contribution in [0.1, 0.15) is 39.3 Å². The Morgan fingerprint density at radius 1 is 1.38 bits per heavy atom. The van der Waals surface area contributed by atoms with Crippen molar-refractivity contribution in [1.29, 1.82) is 0 Å². The first-order valence-corrected chi connectivity index (χ1v) is 7.40. The number of carbonyl (C=O) groups excluding carboxylic acids is 2. The van der Waals surface area contributed by atoms with Crippen molar-refractivity contribution in [2.75, 3.05) is 0 Å². The van der Waals surface area contributed by atoms with Crippen LogP contribution in [0.4, 0.5) is 0 Å². The second-order valence-corrected chi connectivity index (χ2v) is 5.88. The van der Waals surface area contributed by atoms with Crippen LogP contribution in [0.5, 0.6) is 0 Å². The van der Waals surface area contributed by atoms with Crippen LogP contribution in [-0.4, -0.2) is 43.8 Å². The SMILES string of the molecule is CCCC1C(=O)NC(C(C)C)C(=O)N1Cc1cn(C)nn1. The number of nitrogens with one attached hydrogen (secondary N) is 1. The molecule has 7 heteroatoms. The lowest BCUT2D eigenvalue weighted by atomic mass is 9.96. The minimum Gasteiger partial charge on any atom is -0.342 e. The summed E-state index contributed by atoms with van der Waals surface area (Å²) in [6.07, 6.45) is 3.27. The van der Waals surface area contributed by atoms with E-state index in [0.29, 0.717) is 18.7 Å². The van der Waals surface area contributed by atoms with Crippen LogP contribution in [-0.2, 0) is 23.2 Å². The highest BCUT2D eigenvalue weighted by molar-refractivity contribution is 5.97. The standard InChI is InChI=1S/C14H23N5O2/c1-5-6-11-13(20)15-12(9(2)3)14(21)19(11)8-10-7-18(4)17-16-10/h7,9,11-12H,5-6,8H2,1-4H3,(H,15,20). The Morgan fingerprint density at radius 3 is 2.62 bits per heavy atom. The predicted octanol–water partition coefficient (Wildman–Crippen LogP) is 0.467. The maximum absolute atomic E-state index is 12.7. The lowest BCUT2D eigenvalue weighted by Crippen LogP contribution is -2.64. The van der Waals surface area contributed by atoms with Crippen LogP contribution in [0.15, 0.2) is 6.20 Å². The first-order valence-electron chi connectivity index (χ1n) is 7.40. The van der Waals surface area contributed by atoms with E-state index in [2.05, 4.69) is 15.6 Å². The van der Waals surface area contributed by atoms with Gasteiger partial charge >= 0.3 is 0 Å². The maximum Gasteiger partial charge on any atom is 0.246 e. The fourth-order valence-corrected chi connectivity index (χ4v) is 2.63. The molecule has 116 valence electrons. The number of piperazine rings is 1. The second kappa shape index (κ2) is 6.24. The quantitative estimate of drug-likeness (QED) is 0.855. The van der Waals surface area contributed by atoms with E-state index < -0.39 is 12.1 Å². The number of aryl methyl sites for hydroxylation is 1. The normalized spacial score (nSPS) is 22.8. The van der Waals surface area contributed by atoms with Crippen molar-refractivity contribution in [3.05, 3.63) is 11.9 Å². The third kappa shape index (κ3) is 3.22. The van der Waals surface area contributed by atoms with E-state index in [4.69, 9.17) is 0 Å². The van der Waals surface area contributed by atoms with E-state index in [1.165, 1.54) is 0 Å². The van der Waals surface area contributed by atoms with Crippen molar-refractivity contribution in [3.63, 3.8) is 0 Å². The number of aromatic nitrogens is 3. The fourth-order valence-electron chi connectivity index (χ4n) is 2.63. The maximum atomic E-state index is 12.7. The first-order chi connectivity index (χ1) is 9.93. The highest BCUT2D eigenvalue weighted by Crippen LogP contribution is 2.20. The van der Waals surface area contributed by atoms with Crippen molar-refractivity contribution >= 4 is 11.8 Å². The third-order valence-corrected chi connectivity index (χ3v) is 3.74. The Morgan fingerprint density at radius 2 is 2.10 bits per heavy atom. The molecule has 2 amide bonds. The summed E-state index contributed by atoms with van der Waals surface area (Å²) in [6.45, 7) is 6.20. The molecule has 2 atom stereocenters. The number of carbonyl (C=O) groups is 2. The molecule has 1 aliphatic heterocycles. The topological polar surface area (TPSA) is 80.1 Å². The van der Waals surface area contributed by atoms with E-state index in [0.717, 1.165) is 6.42 Å². The van der Waals surface area contributed by atoms with Crippen LogP contribution in [0, 0.1) is 5.92 Å². The molecule has 0 radical (unpaired) electrons. The molecule has 1 aliphatic rings. The van der Waals surface area contributed by atoms with Crippen molar-refractivity contribution in [2.24, 2.45) is 13.0 Å². The molecule has 0 spiro atoms. The summed E-state index contributed by atoms with van der Waals surface area (Å²) >= 11 is 0. The summed E-state index contributed by atoms with van der Waals surface area (Å²) in [7, 11) is 1.78. The Bertz CT molecular complexity index is 525. The van der Waals surface area contributed by atoms with Gasteiger partial charge in [0, 0.05) is 13.2 Å². The summed E-state index contributed by atoms with van der Waals surface area (Å²) in [5, 5.41) is 10.8.